The van der Waals surface area contributed by atoms with Gasteiger partial charge in [0.1, 0.15) is 6.33 Å². The van der Waals surface area contributed by atoms with Gasteiger partial charge >= 0.3 is 0 Å². The van der Waals surface area contributed by atoms with Crippen molar-refractivity contribution in [2.75, 3.05) is 5.73 Å². The Labute approximate surface area is 183 Å². The maximum Gasteiger partial charge on any atom is 0.254 e. The number of aromatic nitrogens is 5. The summed E-state index contributed by atoms with van der Waals surface area (Å²) >= 11 is 0. The van der Waals surface area contributed by atoms with Crippen molar-refractivity contribution in [1.29, 1.82) is 0 Å². The van der Waals surface area contributed by atoms with Crippen LogP contribution in [0.3, 0.4) is 0 Å². The number of nitrogens with two attached hydrogens (primary N) is 1. The van der Waals surface area contributed by atoms with Crippen molar-refractivity contribution in [3.8, 4) is 0 Å². The van der Waals surface area contributed by atoms with Gasteiger partial charge in [-0.2, -0.15) is 5.10 Å². The number of carbonyl (C=O) groups is 1. The Bertz CT molecular complexity index is 1500. The lowest BCUT2D eigenvalue weighted by Gasteiger charge is -2.66. The molecular formula is C24H21N7O. The molecule has 5 aromatic rings. The molecule has 3 saturated carbocycles. The molecule has 1 amide bonds. The average molecular weight is 423 g/mol. The topological polar surface area (TPSA) is 93.8 Å². The summed E-state index contributed by atoms with van der Waals surface area (Å²) in [5.41, 5.74) is 10.2. The van der Waals surface area contributed by atoms with Crippen LogP contribution in [0.1, 0.15) is 35.3 Å². The predicted molar refractivity (Wildman–Crippen MR) is 120 cm³/mol. The number of nitrogen functional groups attached to an aromatic ring is 1. The van der Waals surface area contributed by atoms with E-state index in [0.717, 1.165) is 52.8 Å². The van der Waals surface area contributed by atoms with Crippen LogP contribution in [-0.2, 0) is 6.54 Å². The summed E-state index contributed by atoms with van der Waals surface area (Å²) in [6, 6.07) is 13.7. The Balaban J connectivity index is 1.30. The van der Waals surface area contributed by atoms with Gasteiger partial charge in [0.15, 0.2) is 0 Å². The fourth-order valence-corrected chi connectivity index (χ4v) is 5.43. The molecule has 32 heavy (non-hydrogen) atoms. The van der Waals surface area contributed by atoms with Gasteiger partial charge in [-0.1, -0.05) is 6.07 Å². The zero-order chi connectivity index (χ0) is 21.4. The molecule has 3 aliphatic carbocycles. The average Bonchev–Trinajstić information content (AvgIpc) is 3.37. The van der Waals surface area contributed by atoms with Crippen LogP contribution in [0, 0.1) is 5.92 Å². The van der Waals surface area contributed by atoms with E-state index >= 15 is 0 Å². The first kappa shape index (κ1) is 17.7. The zero-order valence-electron chi connectivity index (χ0n) is 17.3. The molecule has 0 unspecified atom stereocenters. The highest BCUT2D eigenvalue weighted by molar-refractivity contribution is 6.02. The lowest BCUT2D eigenvalue weighted by molar-refractivity contribution is -0.127. The first-order valence-corrected chi connectivity index (χ1v) is 10.9. The molecule has 2 bridgehead atoms. The van der Waals surface area contributed by atoms with Crippen LogP contribution >= 0.6 is 0 Å². The highest BCUT2D eigenvalue weighted by atomic mass is 16.2. The van der Waals surface area contributed by atoms with Crippen LogP contribution in [0.25, 0.3) is 21.9 Å². The second kappa shape index (κ2) is 6.06. The Kier molecular flexibility index (Phi) is 3.36. The van der Waals surface area contributed by atoms with Crippen LogP contribution in [0.2, 0.25) is 0 Å². The summed E-state index contributed by atoms with van der Waals surface area (Å²) in [7, 11) is 0. The molecule has 4 aromatic heterocycles. The molecule has 0 atom stereocenters. The first-order valence-electron chi connectivity index (χ1n) is 10.9. The molecule has 158 valence electrons. The van der Waals surface area contributed by atoms with Crippen LogP contribution < -0.4 is 5.73 Å². The summed E-state index contributed by atoms with van der Waals surface area (Å²) < 4.78 is 3.61. The van der Waals surface area contributed by atoms with Gasteiger partial charge < -0.3 is 10.6 Å². The molecular weight excluding hydrogens is 402 g/mol. The molecule has 8 nitrogen and oxygen atoms in total. The van der Waals surface area contributed by atoms with E-state index in [0.29, 0.717) is 18.1 Å². The minimum atomic E-state index is -0.0300. The minimum Gasteiger partial charge on any atom is -0.369 e. The molecule has 3 aliphatic rings. The normalized spacial score (nSPS) is 21.6. The number of benzene rings is 1. The third-order valence-corrected chi connectivity index (χ3v) is 7.20. The fourth-order valence-electron chi connectivity index (χ4n) is 5.43. The van der Waals surface area contributed by atoms with Gasteiger partial charge in [-0.25, -0.2) is 14.5 Å². The van der Waals surface area contributed by atoms with Crippen molar-refractivity contribution in [1.82, 2.24) is 28.9 Å². The van der Waals surface area contributed by atoms with Gasteiger partial charge in [0, 0.05) is 22.7 Å². The van der Waals surface area contributed by atoms with Gasteiger partial charge in [-0.3, -0.25) is 9.20 Å². The number of pyridine rings is 1. The van der Waals surface area contributed by atoms with Crippen molar-refractivity contribution in [3.05, 3.63) is 72.4 Å². The Hall–Kier alpha value is -3.94. The molecule has 0 spiro atoms. The quantitative estimate of drug-likeness (QED) is 0.479. The van der Waals surface area contributed by atoms with Crippen LogP contribution in [0.5, 0.6) is 0 Å². The van der Waals surface area contributed by atoms with Crippen molar-refractivity contribution in [3.63, 3.8) is 0 Å². The van der Waals surface area contributed by atoms with Crippen LogP contribution in [-0.4, -0.2) is 40.3 Å². The minimum absolute atomic E-state index is 0.0300. The number of hydrogen-bond acceptors (Lipinski definition) is 5. The van der Waals surface area contributed by atoms with Crippen molar-refractivity contribution in [2.45, 2.75) is 31.3 Å². The summed E-state index contributed by atoms with van der Waals surface area (Å²) in [6.07, 6.45) is 8.60. The number of anilines is 1. The maximum absolute atomic E-state index is 13.8. The van der Waals surface area contributed by atoms with Crippen molar-refractivity contribution in [2.24, 2.45) is 5.92 Å². The van der Waals surface area contributed by atoms with Crippen LogP contribution in [0.15, 0.2) is 61.2 Å². The van der Waals surface area contributed by atoms with Gasteiger partial charge in [0.25, 0.3) is 5.91 Å². The number of amides is 1. The first-order chi connectivity index (χ1) is 15.6. The summed E-state index contributed by atoms with van der Waals surface area (Å²) in [6.45, 7) is 0.507. The SMILES string of the molecule is Nc1nc2ccc(C(=O)N(Cc3cc4ccccn4n3)C34CC(C3)C4)cc2c2cncn12. The van der Waals surface area contributed by atoms with Gasteiger partial charge in [-0.05, 0) is 61.6 Å². The molecule has 8 heteroatoms. The standard InChI is InChI=1S/C24H21N7O/c25-23-27-20-5-4-16(7-19(20)21-12-26-14-29(21)23)22(32)30(24-9-15(10-24)11-24)13-17-8-18-3-1-2-6-31(18)28-17/h1-8,12,14-15H,9-11,13H2,(H2,25,27). The number of carbonyl (C=O) groups excluding carboxylic acids is 1. The smallest absolute Gasteiger partial charge is 0.254 e. The van der Waals surface area contributed by atoms with E-state index in [9.17, 15) is 4.79 Å². The number of fused-ring (bicyclic) bond motifs is 4. The van der Waals surface area contributed by atoms with E-state index in [1.807, 2.05) is 52.0 Å². The molecule has 0 saturated heterocycles. The molecule has 0 aliphatic heterocycles. The zero-order valence-corrected chi connectivity index (χ0v) is 17.3. The largest absolute Gasteiger partial charge is 0.369 e. The third-order valence-electron chi connectivity index (χ3n) is 7.20. The number of rotatable bonds is 4. The molecule has 1 aromatic carbocycles. The van der Waals surface area contributed by atoms with E-state index in [4.69, 9.17) is 10.8 Å². The maximum atomic E-state index is 13.8. The van der Waals surface area contributed by atoms with E-state index in [2.05, 4.69) is 16.0 Å². The second-order valence-corrected chi connectivity index (χ2v) is 9.15. The number of hydrogen-bond donors (Lipinski definition) is 1. The third kappa shape index (κ3) is 2.37. The van der Waals surface area contributed by atoms with E-state index < -0.39 is 0 Å². The summed E-state index contributed by atoms with van der Waals surface area (Å²) in [4.78, 5) is 24.6. The molecule has 0 radical (unpaired) electrons. The van der Waals surface area contributed by atoms with Crippen molar-refractivity contribution >= 4 is 33.8 Å². The van der Waals surface area contributed by atoms with E-state index in [1.54, 1.807) is 16.9 Å². The molecule has 3 fully saturated rings. The Morgan fingerprint density at radius 2 is 2.06 bits per heavy atom. The van der Waals surface area contributed by atoms with Crippen LogP contribution in [0.4, 0.5) is 5.95 Å². The monoisotopic (exact) mass is 423 g/mol. The molecule has 8 rings (SSSR count). The van der Waals surface area contributed by atoms with E-state index in [-0.39, 0.29) is 11.4 Å². The lowest BCUT2D eigenvalue weighted by Crippen LogP contribution is -2.69. The molecule has 2 N–H and O–H groups in total. The Morgan fingerprint density at radius 1 is 1.19 bits per heavy atom. The predicted octanol–water partition coefficient (Wildman–Crippen LogP) is 3.31. The summed E-state index contributed by atoms with van der Waals surface area (Å²) in [5.74, 6) is 1.18. The molecule has 4 heterocycles. The van der Waals surface area contributed by atoms with Gasteiger partial charge in [-0.15, -0.1) is 0 Å². The number of nitrogens with zero attached hydrogens (tertiary/aromatic N) is 6. The number of imidazole rings is 1. The summed E-state index contributed by atoms with van der Waals surface area (Å²) in [5, 5.41) is 5.57. The van der Waals surface area contributed by atoms with Gasteiger partial charge in [0.05, 0.1) is 35.0 Å². The van der Waals surface area contributed by atoms with E-state index in [1.165, 1.54) is 0 Å². The second-order valence-electron chi connectivity index (χ2n) is 9.15. The van der Waals surface area contributed by atoms with Gasteiger partial charge in [0.2, 0.25) is 5.95 Å². The lowest BCUT2D eigenvalue weighted by atomic mass is 9.49. The highest BCUT2D eigenvalue weighted by Crippen LogP contribution is 2.61. The Morgan fingerprint density at radius 3 is 2.84 bits per heavy atom. The fraction of sp³-hybridized carbons (Fsp3) is 0.250. The highest BCUT2D eigenvalue weighted by Gasteiger charge is 2.61. The van der Waals surface area contributed by atoms with Crippen molar-refractivity contribution < 1.29 is 4.79 Å².